The molecule has 7 nitrogen and oxygen atoms in total. The van der Waals surface area contributed by atoms with Crippen LogP contribution in [0.15, 0.2) is 60.8 Å². The van der Waals surface area contributed by atoms with E-state index in [1.165, 1.54) is 30.5 Å². The Morgan fingerprint density at radius 3 is 2.61 bits per heavy atom. The van der Waals surface area contributed by atoms with E-state index in [9.17, 15) is 22.4 Å². The molecule has 4 aromatic rings. The molecule has 2 aromatic carbocycles. The molecule has 0 unspecified atom stereocenters. The number of hydrogen-bond acceptors (Lipinski definition) is 5. The van der Waals surface area contributed by atoms with Crippen molar-refractivity contribution in [1.82, 2.24) is 24.9 Å². The van der Waals surface area contributed by atoms with Crippen LogP contribution in [0.5, 0.6) is 5.75 Å². The molecule has 0 saturated heterocycles. The Balaban J connectivity index is 1.42. The predicted molar refractivity (Wildman–Crippen MR) is 110 cm³/mol. The fraction of sp³-hybridized carbons (Fsp3) is 0.182. The van der Waals surface area contributed by atoms with Gasteiger partial charge in [0, 0.05) is 24.4 Å². The highest BCUT2D eigenvalue weighted by atomic mass is 19.4. The Morgan fingerprint density at radius 2 is 1.91 bits per heavy atom. The molecule has 11 heteroatoms. The first-order valence-corrected chi connectivity index (χ1v) is 9.79. The van der Waals surface area contributed by atoms with E-state index in [1.807, 2.05) is 0 Å². The van der Waals surface area contributed by atoms with Gasteiger partial charge in [0.15, 0.2) is 6.10 Å². The van der Waals surface area contributed by atoms with Crippen LogP contribution in [0.3, 0.4) is 0 Å². The van der Waals surface area contributed by atoms with Crippen LogP contribution in [0, 0.1) is 5.82 Å². The Labute approximate surface area is 185 Å². The molecule has 1 N–H and O–H groups in total. The van der Waals surface area contributed by atoms with Gasteiger partial charge >= 0.3 is 6.18 Å². The van der Waals surface area contributed by atoms with Crippen LogP contribution in [-0.2, 0) is 17.5 Å². The minimum Gasteiger partial charge on any atom is -0.481 e. The average molecular weight is 459 g/mol. The molecule has 0 bridgehead atoms. The van der Waals surface area contributed by atoms with Gasteiger partial charge in [0.1, 0.15) is 11.6 Å². The largest absolute Gasteiger partial charge is 0.481 e. The van der Waals surface area contributed by atoms with Gasteiger partial charge in [-0.3, -0.25) is 4.79 Å². The van der Waals surface area contributed by atoms with Gasteiger partial charge in [0.05, 0.1) is 5.69 Å². The van der Waals surface area contributed by atoms with Crippen LogP contribution in [-0.4, -0.2) is 31.6 Å². The topological polar surface area (TPSA) is 81.4 Å². The summed E-state index contributed by atoms with van der Waals surface area (Å²) in [6.07, 6.45) is -4.16. The molecule has 0 fully saturated rings. The lowest BCUT2D eigenvalue weighted by molar-refractivity contribution is -0.144. The number of benzene rings is 2. The number of carbonyl (C=O) groups is 1. The zero-order valence-corrected chi connectivity index (χ0v) is 17.2. The van der Waals surface area contributed by atoms with E-state index in [0.29, 0.717) is 11.3 Å². The maximum Gasteiger partial charge on any atom is 0.453 e. The predicted octanol–water partition coefficient (Wildman–Crippen LogP) is 4.03. The maximum absolute atomic E-state index is 13.2. The quantitative estimate of drug-likeness (QED) is 0.441. The number of ether oxygens (including phenoxy) is 1. The first-order chi connectivity index (χ1) is 15.7. The molecule has 33 heavy (non-hydrogen) atoms. The van der Waals surface area contributed by atoms with Gasteiger partial charge in [-0.15, -0.1) is 5.10 Å². The number of aromatic nitrogens is 4. The van der Waals surface area contributed by atoms with Crippen molar-refractivity contribution in [3.05, 3.63) is 78.0 Å². The van der Waals surface area contributed by atoms with Crippen molar-refractivity contribution >= 4 is 11.7 Å². The fourth-order valence-corrected chi connectivity index (χ4v) is 3.06. The van der Waals surface area contributed by atoms with Crippen LogP contribution < -0.4 is 10.1 Å². The van der Waals surface area contributed by atoms with E-state index in [-0.39, 0.29) is 24.0 Å². The third kappa shape index (κ3) is 5.08. The van der Waals surface area contributed by atoms with Gasteiger partial charge in [-0.25, -0.2) is 9.37 Å². The molecule has 0 aliphatic heterocycles. The van der Waals surface area contributed by atoms with Gasteiger partial charge in [0.25, 0.3) is 17.5 Å². The number of fused-ring (bicyclic) bond motifs is 1. The number of nitrogens with one attached hydrogen (secondary N) is 1. The van der Waals surface area contributed by atoms with Gasteiger partial charge in [-0.05, 0) is 30.7 Å². The minimum absolute atomic E-state index is 0.163. The number of rotatable bonds is 6. The Bertz CT molecular complexity index is 1290. The average Bonchev–Trinajstić information content (AvgIpc) is 3.23. The van der Waals surface area contributed by atoms with E-state index in [0.717, 1.165) is 10.1 Å². The highest BCUT2D eigenvalue weighted by Crippen LogP contribution is 2.28. The fourth-order valence-electron chi connectivity index (χ4n) is 3.06. The lowest BCUT2D eigenvalue weighted by Gasteiger charge is -2.15. The first kappa shape index (κ1) is 22.2. The maximum atomic E-state index is 13.2. The Morgan fingerprint density at radius 1 is 1.15 bits per heavy atom. The van der Waals surface area contributed by atoms with Crippen molar-refractivity contribution in [2.24, 2.45) is 0 Å². The van der Waals surface area contributed by atoms with Crippen molar-refractivity contribution in [2.45, 2.75) is 25.7 Å². The van der Waals surface area contributed by atoms with Crippen molar-refractivity contribution in [3.8, 4) is 17.0 Å². The molecule has 1 atom stereocenters. The molecule has 0 aliphatic rings. The highest BCUT2D eigenvalue weighted by molar-refractivity contribution is 5.80. The molecular weight excluding hydrogens is 442 g/mol. The summed E-state index contributed by atoms with van der Waals surface area (Å²) in [4.78, 5) is 19.5. The van der Waals surface area contributed by atoms with Crippen LogP contribution in [0.25, 0.3) is 17.0 Å². The zero-order valence-electron chi connectivity index (χ0n) is 17.2. The van der Waals surface area contributed by atoms with E-state index in [4.69, 9.17) is 4.74 Å². The smallest absolute Gasteiger partial charge is 0.453 e. The molecule has 0 spiro atoms. The van der Waals surface area contributed by atoms with Gasteiger partial charge < -0.3 is 10.1 Å². The summed E-state index contributed by atoms with van der Waals surface area (Å²) >= 11 is 0. The second-order valence-corrected chi connectivity index (χ2v) is 7.11. The standard InChI is InChI=1S/C22H17F4N5O2/c1-13(33-17-4-2-3-16(23)11-17)19(32)28-12-14-5-7-15(8-6-14)18-9-10-27-21-29-20(22(24,25)26)30-31(18)21/h2-11,13H,12H2,1H3,(H,28,32)/t13-/m1/s1. The van der Waals surface area contributed by atoms with Crippen LogP contribution in [0.2, 0.25) is 0 Å². The second-order valence-electron chi connectivity index (χ2n) is 7.11. The number of amides is 1. The summed E-state index contributed by atoms with van der Waals surface area (Å²) in [5.41, 5.74) is 1.74. The van der Waals surface area contributed by atoms with E-state index in [2.05, 4.69) is 20.4 Å². The summed E-state index contributed by atoms with van der Waals surface area (Å²) in [6, 6.07) is 13.9. The lowest BCUT2D eigenvalue weighted by atomic mass is 10.1. The summed E-state index contributed by atoms with van der Waals surface area (Å²) in [5, 5.41) is 6.25. The van der Waals surface area contributed by atoms with Gasteiger partial charge in [0.2, 0.25) is 0 Å². The molecule has 0 radical (unpaired) electrons. The van der Waals surface area contributed by atoms with Crippen molar-refractivity contribution in [3.63, 3.8) is 0 Å². The molecule has 170 valence electrons. The number of hydrogen-bond donors (Lipinski definition) is 1. The molecule has 2 aromatic heterocycles. The molecular formula is C22H17F4N5O2. The van der Waals surface area contributed by atoms with Crippen molar-refractivity contribution in [1.29, 1.82) is 0 Å². The van der Waals surface area contributed by atoms with Crippen LogP contribution in [0.1, 0.15) is 18.3 Å². The molecule has 2 heterocycles. The lowest BCUT2D eigenvalue weighted by Crippen LogP contribution is -2.35. The number of halogens is 4. The summed E-state index contributed by atoms with van der Waals surface area (Å²) in [6.45, 7) is 1.74. The normalized spacial score (nSPS) is 12.5. The molecule has 4 rings (SSSR count). The summed E-state index contributed by atoms with van der Waals surface area (Å²) in [5.74, 6) is -2.04. The monoisotopic (exact) mass is 459 g/mol. The number of alkyl halides is 3. The third-order valence-electron chi connectivity index (χ3n) is 4.69. The van der Waals surface area contributed by atoms with Crippen molar-refractivity contribution in [2.75, 3.05) is 0 Å². The van der Waals surface area contributed by atoms with Gasteiger partial charge in [-0.2, -0.15) is 22.7 Å². The minimum atomic E-state index is -4.68. The van der Waals surface area contributed by atoms with E-state index in [1.54, 1.807) is 37.3 Å². The summed E-state index contributed by atoms with van der Waals surface area (Å²) in [7, 11) is 0. The highest BCUT2D eigenvalue weighted by Gasteiger charge is 2.36. The SMILES string of the molecule is C[C@@H](Oc1cccc(F)c1)C(=O)NCc1ccc(-c2ccnc3nc(C(F)(F)F)nn23)cc1. The second kappa shape index (κ2) is 8.85. The Kier molecular flexibility index (Phi) is 5.95. The van der Waals surface area contributed by atoms with E-state index >= 15 is 0 Å². The van der Waals surface area contributed by atoms with Crippen LogP contribution in [0.4, 0.5) is 17.6 Å². The number of nitrogens with zero attached hydrogens (tertiary/aromatic N) is 4. The number of carbonyl (C=O) groups excluding carboxylic acids is 1. The summed E-state index contributed by atoms with van der Waals surface area (Å²) < 4.78 is 58.5. The van der Waals surface area contributed by atoms with Gasteiger partial charge in [-0.1, -0.05) is 30.3 Å². The van der Waals surface area contributed by atoms with Crippen molar-refractivity contribution < 1.29 is 27.1 Å². The molecule has 1 amide bonds. The Hall–Kier alpha value is -4.02. The van der Waals surface area contributed by atoms with E-state index < -0.39 is 23.9 Å². The molecule has 0 aliphatic carbocycles. The first-order valence-electron chi connectivity index (χ1n) is 9.79. The van der Waals surface area contributed by atoms with Crippen LogP contribution >= 0.6 is 0 Å². The molecule has 0 saturated carbocycles. The zero-order chi connectivity index (χ0) is 23.6. The third-order valence-corrected chi connectivity index (χ3v) is 4.69.